The molecule has 5 amide bonds. The highest BCUT2D eigenvalue weighted by atomic mass is 19.1. The molecule has 0 spiro atoms. The smallest absolute Gasteiger partial charge is 0.410 e. The van der Waals surface area contributed by atoms with Crippen molar-refractivity contribution < 1.29 is 37.8 Å². The van der Waals surface area contributed by atoms with Crippen LogP contribution in [0.15, 0.2) is 30.9 Å². The molecule has 2 heterocycles. The molecule has 0 bridgehead atoms. The van der Waals surface area contributed by atoms with Crippen molar-refractivity contribution in [1.29, 1.82) is 5.26 Å². The van der Waals surface area contributed by atoms with Gasteiger partial charge in [-0.3, -0.25) is 24.6 Å². The second-order valence-electron chi connectivity index (χ2n) is 14.0. The molecule has 3 aliphatic rings. The number of benzene rings is 1. The largest absolute Gasteiger partial charge is 0.444 e. The Morgan fingerprint density at radius 1 is 1.15 bits per heavy atom. The summed E-state index contributed by atoms with van der Waals surface area (Å²) in [6, 6.07) is 2.24. The fraction of sp³-hybridized carbons (Fsp3) is 0.562. The minimum atomic E-state index is -1.43. The van der Waals surface area contributed by atoms with Gasteiger partial charge in [0, 0.05) is 24.4 Å². The number of carbonyl (C=O) groups is 5. The van der Waals surface area contributed by atoms with E-state index in [0.717, 1.165) is 0 Å². The molecule has 1 saturated heterocycles. The Kier molecular flexibility index (Phi) is 9.38. The van der Waals surface area contributed by atoms with Crippen LogP contribution in [-0.4, -0.2) is 75.6 Å². The van der Waals surface area contributed by atoms with Crippen molar-refractivity contribution in [1.82, 2.24) is 25.8 Å². The first-order valence-electron chi connectivity index (χ1n) is 15.1. The Bertz CT molecular complexity index is 1480. The van der Waals surface area contributed by atoms with Crippen LogP contribution in [0.1, 0.15) is 65.5 Å². The number of amides is 5. The van der Waals surface area contributed by atoms with Crippen LogP contribution in [-0.2, 0) is 36.9 Å². The number of alkyl carbamates (subject to hydrolysis) is 1. The van der Waals surface area contributed by atoms with Crippen molar-refractivity contribution in [2.24, 2.45) is 11.3 Å². The van der Waals surface area contributed by atoms with Crippen molar-refractivity contribution in [3.05, 3.63) is 47.8 Å². The molecule has 1 aromatic rings. The van der Waals surface area contributed by atoms with Gasteiger partial charge in [0.25, 0.3) is 5.91 Å². The van der Waals surface area contributed by atoms with Gasteiger partial charge in [0.15, 0.2) is 6.19 Å². The van der Waals surface area contributed by atoms with Crippen molar-refractivity contribution in [3.63, 3.8) is 0 Å². The Morgan fingerprint density at radius 2 is 1.85 bits per heavy atom. The zero-order valence-electron chi connectivity index (χ0n) is 26.9. The highest BCUT2D eigenvalue weighted by Crippen LogP contribution is 2.45. The molecule has 3 N–H and O–H groups in total. The van der Waals surface area contributed by atoms with Gasteiger partial charge in [-0.15, -0.1) is 6.58 Å². The number of hydrogen-bond acceptors (Lipinski definition) is 8. The summed E-state index contributed by atoms with van der Waals surface area (Å²) in [5, 5.41) is 16.4. The van der Waals surface area contributed by atoms with Gasteiger partial charge in [0.05, 0.1) is 13.1 Å². The second kappa shape index (κ2) is 12.6. The molecule has 248 valence electrons. The quantitative estimate of drug-likeness (QED) is 0.232. The van der Waals surface area contributed by atoms with Crippen LogP contribution in [0, 0.1) is 28.6 Å². The van der Waals surface area contributed by atoms with Crippen LogP contribution in [0.2, 0.25) is 0 Å². The first kappa shape index (κ1) is 34.2. The van der Waals surface area contributed by atoms with Gasteiger partial charge >= 0.3 is 12.2 Å². The molecular weight excluding hydrogens is 599 g/mol. The molecule has 14 heteroatoms. The average molecular weight is 641 g/mol. The zero-order chi connectivity index (χ0) is 34.2. The SMILES string of the molecule is C=CC1C[C@]1(NC(=O)[C@@H]1C[C@@H](OC(=O)N2Cc3cccc(F)c3C2)CN1C(=O)[C@H](NC(=O)OC(C)(C)C)C(C)(C)C)C(=O)NC#N. The van der Waals surface area contributed by atoms with E-state index in [4.69, 9.17) is 14.7 Å². The minimum absolute atomic E-state index is 0.00545. The third kappa shape index (κ3) is 7.24. The second-order valence-corrected chi connectivity index (χ2v) is 14.0. The third-order valence-electron chi connectivity index (χ3n) is 8.29. The van der Waals surface area contributed by atoms with E-state index in [1.54, 1.807) is 59.9 Å². The molecule has 2 fully saturated rings. The maximum atomic E-state index is 14.3. The molecule has 0 radical (unpaired) electrons. The first-order valence-corrected chi connectivity index (χ1v) is 15.1. The number of likely N-dealkylation sites (tertiary alicyclic amines) is 1. The lowest BCUT2D eigenvalue weighted by Crippen LogP contribution is -2.60. The summed E-state index contributed by atoms with van der Waals surface area (Å²) in [6.45, 7) is 13.9. The number of halogens is 1. The summed E-state index contributed by atoms with van der Waals surface area (Å²) in [5.41, 5.74) is -2.06. The third-order valence-corrected chi connectivity index (χ3v) is 8.29. The van der Waals surface area contributed by atoms with Crippen LogP contribution in [0.25, 0.3) is 0 Å². The van der Waals surface area contributed by atoms with E-state index < -0.39 is 76.4 Å². The van der Waals surface area contributed by atoms with Crippen LogP contribution in [0.3, 0.4) is 0 Å². The summed E-state index contributed by atoms with van der Waals surface area (Å²) < 4.78 is 25.4. The van der Waals surface area contributed by atoms with E-state index in [0.29, 0.717) is 11.1 Å². The standard InChI is InChI=1S/C32H41FN6O7/c1-8-19-13-32(19,27(42)35-17-34)37-25(40)23-12-20(45-29(44)38-14-18-10-9-11-22(33)21(18)16-38)15-39(23)26(41)24(30(2,3)4)36-28(43)46-31(5,6)7/h8-11,19-20,23-24H,1,12-16H2,2-7H3,(H,35,42)(H,36,43)(H,37,40)/t19?,20-,23+,24+,32-/m1/s1. The zero-order valence-corrected chi connectivity index (χ0v) is 26.9. The maximum Gasteiger partial charge on any atom is 0.410 e. The fourth-order valence-electron chi connectivity index (χ4n) is 5.84. The van der Waals surface area contributed by atoms with E-state index >= 15 is 0 Å². The molecule has 4 rings (SSSR count). The lowest BCUT2D eigenvalue weighted by atomic mass is 9.85. The predicted octanol–water partition coefficient (Wildman–Crippen LogP) is 2.84. The maximum absolute atomic E-state index is 14.3. The average Bonchev–Trinajstić information content (AvgIpc) is 3.25. The number of carbonyl (C=O) groups excluding carboxylic acids is 5. The van der Waals surface area contributed by atoms with E-state index in [2.05, 4.69) is 22.5 Å². The van der Waals surface area contributed by atoms with E-state index in [1.165, 1.54) is 21.9 Å². The summed E-state index contributed by atoms with van der Waals surface area (Å²) >= 11 is 0. The van der Waals surface area contributed by atoms with Crippen LogP contribution in [0.5, 0.6) is 0 Å². The van der Waals surface area contributed by atoms with Gasteiger partial charge in [-0.1, -0.05) is 39.0 Å². The molecule has 1 saturated carbocycles. The Morgan fingerprint density at radius 3 is 2.41 bits per heavy atom. The molecule has 46 heavy (non-hydrogen) atoms. The number of rotatable bonds is 7. The van der Waals surface area contributed by atoms with Gasteiger partial charge in [-0.25, -0.2) is 14.0 Å². The molecule has 1 unspecified atom stereocenters. The summed E-state index contributed by atoms with van der Waals surface area (Å²) in [4.78, 5) is 69.3. The number of nitrogens with one attached hydrogen (secondary N) is 3. The van der Waals surface area contributed by atoms with E-state index in [-0.39, 0.29) is 32.5 Å². The van der Waals surface area contributed by atoms with Crippen molar-refractivity contribution in [3.8, 4) is 6.19 Å². The van der Waals surface area contributed by atoms with Gasteiger partial charge in [0.1, 0.15) is 35.1 Å². The molecule has 13 nitrogen and oxygen atoms in total. The Hall–Kier alpha value is -4.67. The van der Waals surface area contributed by atoms with Gasteiger partial charge in [-0.05, 0) is 44.2 Å². The Balaban J connectivity index is 1.58. The van der Waals surface area contributed by atoms with Crippen LogP contribution in [0.4, 0.5) is 14.0 Å². The molecule has 2 aliphatic heterocycles. The van der Waals surface area contributed by atoms with Gasteiger partial charge < -0.3 is 25.0 Å². The topological polar surface area (TPSA) is 170 Å². The van der Waals surface area contributed by atoms with Gasteiger partial charge in [-0.2, -0.15) is 5.26 Å². The highest BCUT2D eigenvalue weighted by Gasteiger charge is 2.61. The summed E-state index contributed by atoms with van der Waals surface area (Å²) in [5.74, 6) is -2.92. The van der Waals surface area contributed by atoms with Crippen LogP contribution >= 0.6 is 0 Å². The molecule has 1 aliphatic carbocycles. The molecule has 0 aromatic heterocycles. The first-order chi connectivity index (χ1) is 21.4. The summed E-state index contributed by atoms with van der Waals surface area (Å²) in [6.07, 6.45) is 0.637. The lowest BCUT2D eigenvalue weighted by Gasteiger charge is -2.36. The van der Waals surface area contributed by atoms with Crippen molar-refractivity contribution in [2.75, 3.05) is 6.54 Å². The molecule has 5 atom stereocenters. The van der Waals surface area contributed by atoms with E-state index in [9.17, 15) is 28.4 Å². The predicted molar refractivity (Wildman–Crippen MR) is 162 cm³/mol. The molecular formula is C32H41FN6O7. The Labute approximate surface area is 267 Å². The number of fused-ring (bicyclic) bond motifs is 1. The fourth-order valence-corrected chi connectivity index (χ4v) is 5.84. The van der Waals surface area contributed by atoms with Crippen LogP contribution < -0.4 is 16.0 Å². The highest BCUT2D eigenvalue weighted by molar-refractivity contribution is 5.99. The number of nitriles is 1. The normalized spacial score (nSPS) is 24.2. The number of nitrogens with zero attached hydrogens (tertiary/aromatic N) is 3. The number of hydrogen-bond donors (Lipinski definition) is 3. The van der Waals surface area contributed by atoms with Gasteiger partial charge in [0.2, 0.25) is 11.8 Å². The minimum Gasteiger partial charge on any atom is -0.444 e. The van der Waals surface area contributed by atoms with Crippen molar-refractivity contribution >= 4 is 29.9 Å². The monoisotopic (exact) mass is 640 g/mol. The molecule has 1 aromatic carbocycles. The number of ether oxygens (including phenoxy) is 2. The summed E-state index contributed by atoms with van der Waals surface area (Å²) in [7, 11) is 0. The lowest BCUT2D eigenvalue weighted by molar-refractivity contribution is -0.143. The van der Waals surface area contributed by atoms with Crippen molar-refractivity contribution in [2.45, 2.75) is 96.8 Å². The van der Waals surface area contributed by atoms with E-state index in [1.807, 2.05) is 0 Å².